The lowest BCUT2D eigenvalue weighted by Gasteiger charge is -2.35. The number of aromatic amines is 1. The van der Waals surface area contributed by atoms with Crippen molar-refractivity contribution in [3.8, 4) is 0 Å². The zero-order valence-corrected chi connectivity index (χ0v) is 20.8. The number of alkyl halides is 5. The molecule has 0 radical (unpaired) electrons. The second kappa shape index (κ2) is 10.7. The summed E-state index contributed by atoms with van der Waals surface area (Å²) < 4.78 is 73.9. The number of nitrogens with zero attached hydrogens (tertiary/aromatic N) is 5. The molecule has 0 saturated carbocycles. The third kappa shape index (κ3) is 5.95. The molecule has 1 aliphatic heterocycles. The van der Waals surface area contributed by atoms with Crippen molar-refractivity contribution in [1.29, 1.82) is 0 Å². The smallest absolute Gasteiger partial charge is 0.379 e. The van der Waals surface area contributed by atoms with E-state index >= 15 is 0 Å². The van der Waals surface area contributed by atoms with E-state index in [1.165, 1.54) is 16.7 Å². The van der Waals surface area contributed by atoms with E-state index < -0.39 is 34.6 Å². The second-order valence-corrected chi connectivity index (χ2v) is 9.24. The quantitative estimate of drug-likeness (QED) is 0.346. The van der Waals surface area contributed by atoms with Gasteiger partial charge in [-0.2, -0.15) is 18.3 Å². The number of hydrogen-bond donors (Lipinski definition) is 1. The number of amides is 1. The van der Waals surface area contributed by atoms with E-state index in [0.29, 0.717) is 32.0 Å². The highest BCUT2D eigenvalue weighted by Gasteiger charge is 2.36. The van der Waals surface area contributed by atoms with E-state index in [1.807, 2.05) is 10.00 Å². The average Bonchev–Trinajstić information content (AvgIpc) is 3.28. The summed E-state index contributed by atoms with van der Waals surface area (Å²) in [5.41, 5.74) is -2.10. The van der Waals surface area contributed by atoms with Gasteiger partial charge in [-0.25, -0.2) is 18.9 Å². The van der Waals surface area contributed by atoms with Crippen molar-refractivity contribution in [3.63, 3.8) is 0 Å². The fraction of sp³-hybridized carbons (Fsp3) is 0.500. The molecule has 1 atom stereocenters. The summed E-state index contributed by atoms with van der Waals surface area (Å²) in [6.07, 6.45) is -1.43. The number of pyridine rings is 1. The third-order valence-electron chi connectivity index (χ3n) is 6.46. The number of nitrogens with one attached hydrogen (secondary N) is 1. The molecule has 0 aliphatic carbocycles. The zero-order valence-electron chi connectivity index (χ0n) is 20.8. The molecule has 14 heteroatoms. The number of H-pyrrole nitrogens is 1. The number of halogens is 5. The van der Waals surface area contributed by atoms with Gasteiger partial charge in [-0.05, 0) is 19.1 Å². The largest absolute Gasteiger partial charge is 0.418 e. The van der Waals surface area contributed by atoms with E-state index in [0.717, 1.165) is 25.5 Å². The van der Waals surface area contributed by atoms with E-state index in [-0.39, 0.29) is 36.6 Å². The van der Waals surface area contributed by atoms with Gasteiger partial charge >= 0.3 is 6.18 Å². The zero-order chi connectivity index (χ0) is 27.7. The normalized spacial score (nSPS) is 15.8. The first-order chi connectivity index (χ1) is 17.9. The Morgan fingerprint density at radius 3 is 2.45 bits per heavy atom. The van der Waals surface area contributed by atoms with Crippen molar-refractivity contribution >= 4 is 22.6 Å². The highest BCUT2D eigenvalue weighted by atomic mass is 19.4. The molecule has 9 nitrogen and oxygen atoms in total. The number of rotatable bonds is 8. The molecule has 1 amide bonds. The van der Waals surface area contributed by atoms with Gasteiger partial charge in [0.1, 0.15) is 5.82 Å². The van der Waals surface area contributed by atoms with Crippen molar-refractivity contribution < 1.29 is 31.5 Å². The monoisotopic (exact) mass is 542 g/mol. The van der Waals surface area contributed by atoms with Crippen LogP contribution in [0, 0.1) is 0 Å². The standard InChI is InChI=1S/C24H27F5N6O3/c1-15(35-13-17(24(27,28)29)21-18(35)12-31-32-22(21)37)14-38-10-5-20(36)34-8-6-33(7-9-34)19-4-3-16(11-30-19)23(2,25)26/h3-4,11-13,15H,5-10,14H2,1-2H3,(H,32,37). The van der Waals surface area contributed by atoms with Gasteiger partial charge in [0.25, 0.3) is 11.5 Å². The molecule has 4 rings (SSSR count). The molecule has 1 unspecified atom stereocenters. The lowest BCUT2D eigenvalue weighted by atomic mass is 10.2. The minimum absolute atomic E-state index is 0.0212. The van der Waals surface area contributed by atoms with Crippen LogP contribution in [0.2, 0.25) is 0 Å². The van der Waals surface area contributed by atoms with Crippen molar-refractivity contribution in [2.45, 2.75) is 38.4 Å². The first kappa shape index (κ1) is 27.5. The van der Waals surface area contributed by atoms with Crippen LogP contribution in [0.3, 0.4) is 0 Å². The molecule has 4 heterocycles. The van der Waals surface area contributed by atoms with E-state index in [4.69, 9.17) is 4.74 Å². The van der Waals surface area contributed by atoms with Crippen LogP contribution in [-0.4, -0.2) is 69.9 Å². The van der Waals surface area contributed by atoms with Crippen molar-refractivity contribution in [2.75, 3.05) is 44.3 Å². The Kier molecular flexibility index (Phi) is 7.72. The maximum absolute atomic E-state index is 13.4. The Balaban J connectivity index is 1.26. The Labute approximate surface area is 214 Å². The van der Waals surface area contributed by atoms with Gasteiger partial charge in [-0.3, -0.25) is 9.59 Å². The van der Waals surface area contributed by atoms with Crippen molar-refractivity contribution in [3.05, 3.63) is 52.2 Å². The average molecular weight is 543 g/mol. The molecular weight excluding hydrogens is 515 g/mol. The number of aromatic nitrogens is 4. The Bertz CT molecular complexity index is 1320. The molecule has 0 aromatic carbocycles. The minimum Gasteiger partial charge on any atom is -0.379 e. The van der Waals surface area contributed by atoms with Crippen LogP contribution in [0.4, 0.5) is 27.8 Å². The van der Waals surface area contributed by atoms with Gasteiger partial charge in [-0.1, -0.05) is 0 Å². The lowest BCUT2D eigenvalue weighted by Crippen LogP contribution is -2.49. The number of ether oxygens (including phenoxy) is 1. The van der Waals surface area contributed by atoms with Gasteiger partial charge in [0.05, 0.1) is 48.3 Å². The maximum atomic E-state index is 13.4. The number of hydrogen-bond acceptors (Lipinski definition) is 6. The molecule has 1 saturated heterocycles. The predicted octanol–water partition coefficient (Wildman–Crippen LogP) is 3.57. The summed E-state index contributed by atoms with van der Waals surface area (Å²) in [6, 6.07) is 2.33. The molecule has 1 N–H and O–H groups in total. The number of carbonyl (C=O) groups is 1. The van der Waals surface area contributed by atoms with Crippen molar-refractivity contribution in [2.24, 2.45) is 0 Å². The maximum Gasteiger partial charge on any atom is 0.418 e. The Hall–Kier alpha value is -3.55. The van der Waals surface area contributed by atoms with Crippen LogP contribution in [0.5, 0.6) is 0 Å². The third-order valence-corrected chi connectivity index (χ3v) is 6.46. The molecule has 1 aliphatic rings. The summed E-state index contributed by atoms with van der Waals surface area (Å²) in [4.78, 5) is 32.3. The fourth-order valence-corrected chi connectivity index (χ4v) is 4.37. The number of piperazine rings is 1. The van der Waals surface area contributed by atoms with E-state index in [9.17, 15) is 31.5 Å². The van der Waals surface area contributed by atoms with Crippen LogP contribution in [0.15, 0.2) is 35.5 Å². The SMILES string of the molecule is CC(COCCC(=O)N1CCN(c2ccc(C(C)(F)F)cn2)CC1)n1cc(C(F)(F)F)c2c(=O)[nH]ncc21. The molecule has 38 heavy (non-hydrogen) atoms. The van der Waals surface area contributed by atoms with Crippen molar-refractivity contribution in [1.82, 2.24) is 24.6 Å². The van der Waals surface area contributed by atoms with Crippen LogP contribution in [-0.2, 0) is 21.6 Å². The summed E-state index contributed by atoms with van der Waals surface area (Å²) in [7, 11) is 0. The Morgan fingerprint density at radius 1 is 1.13 bits per heavy atom. The molecule has 3 aromatic heterocycles. The number of carbonyl (C=O) groups excluding carboxylic acids is 1. The highest BCUT2D eigenvalue weighted by Crippen LogP contribution is 2.35. The highest BCUT2D eigenvalue weighted by molar-refractivity contribution is 5.83. The van der Waals surface area contributed by atoms with Crippen LogP contribution in [0.1, 0.15) is 37.4 Å². The van der Waals surface area contributed by atoms with Gasteiger partial charge in [0.2, 0.25) is 5.91 Å². The molecule has 0 spiro atoms. The van der Waals surface area contributed by atoms with Gasteiger partial charge in [0, 0.05) is 51.1 Å². The number of anilines is 1. The molecular formula is C24H27F5N6O3. The first-order valence-electron chi connectivity index (χ1n) is 12.0. The molecule has 206 valence electrons. The summed E-state index contributed by atoms with van der Waals surface area (Å²) in [5, 5.41) is 5.15. The summed E-state index contributed by atoms with van der Waals surface area (Å²) in [5.74, 6) is -2.53. The molecule has 1 fully saturated rings. The predicted molar refractivity (Wildman–Crippen MR) is 128 cm³/mol. The molecule has 0 bridgehead atoms. The van der Waals surface area contributed by atoms with E-state index in [1.54, 1.807) is 11.8 Å². The van der Waals surface area contributed by atoms with E-state index in [2.05, 4.69) is 10.1 Å². The minimum atomic E-state index is -4.71. The Morgan fingerprint density at radius 2 is 1.84 bits per heavy atom. The molecule has 3 aromatic rings. The van der Waals surface area contributed by atoms with Crippen LogP contribution >= 0.6 is 0 Å². The van der Waals surface area contributed by atoms with Gasteiger partial charge in [0.15, 0.2) is 0 Å². The van der Waals surface area contributed by atoms with Crippen LogP contribution < -0.4 is 10.5 Å². The topological polar surface area (TPSA) is 96.4 Å². The second-order valence-electron chi connectivity index (χ2n) is 9.24. The van der Waals surface area contributed by atoms with Gasteiger partial charge in [-0.15, -0.1) is 0 Å². The lowest BCUT2D eigenvalue weighted by molar-refractivity contribution is -0.136. The van der Waals surface area contributed by atoms with Gasteiger partial charge < -0.3 is 19.1 Å². The fourth-order valence-electron chi connectivity index (χ4n) is 4.37. The first-order valence-corrected chi connectivity index (χ1v) is 12.0. The van der Waals surface area contributed by atoms with Crippen LogP contribution in [0.25, 0.3) is 10.9 Å². The summed E-state index contributed by atoms with van der Waals surface area (Å²) in [6.45, 7) is 4.39. The summed E-state index contributed by atoms with van der Waals surface area (Å²) >= 11 is 0. The number of fused-ring (bicyclic) bond motifs is 1.